The van der Waals surface area contributed by atoms with Crippen LogP contribution < -0.4 is 11.5 Å². The molecule has 7 heavy (non-hydrogen) atoms. The summed E-state index contributed by atoms with van der Waals surface area (Å²) in [5.41, 5.74) is 8.50. The molecule has 3 nitrogen and oxygen atoms in total. The second-order valence-electron chi connectivity index (χ2n) is 0.503. The van der Waals surface area contributed by atoms with Crippen LogP contribution in [-0.4, -0.2) is 6.03 Å². The van der Waals surface area contributed by atoms with Gasteiger partial charge in [0.15, 0.2) is 0 Å². The summed E-state index contributed by atoms with van der Waals surface area (Å²) in [6, 6.07) is -0.833. The van der Waals surface area contributed by atoms with Gasteiger partial charge in [0.25, 0.3) is 0 Å². The molecular formula is CH4Cl2HgN2O. The van der Waals surface area contributed by atoms with Crippen molar-refractivity contribution in [2.45, 2.75) is 0 Å². The van der Waals surface area contributed by atoms with Gasteiger partial charge in [-0.1, -0.05) is 0 Å². The Balaban J connectivity index is 0. The zero-order valence-electron chi connectivity index (χ0n) is 3.53. The van der Waals surface area contributed by atoms with E-state index in [1.165, 1.54) is 0 Å². The quantitative estimate of drug-likeness (QED) is 0.620. The van der Waals surface area contributed by atoms with Crippen LogP contribution in [0.25, 0.3) is 0 Å². The molecule has 0 bridgehead atoms. The molecule has 0 atom stereocenters. The van der Waals surface area contributed by atoms with Crippen LogP contribution in [0.2, 0.25) is 0 Å². The van der Waals surface area contributed by atoms with Crippen LogP contribution in [0.15, 0.2) is 0 Å². The molecular weight excluding hydrogens is 328 g/mol. The fraction of sp³-hybridized carbons (Fsp3) is 0. The third kappa shape index (κ3) is 252. The van der Waals surface area contributed by atoms with Crippen LogP contribution >= 0.6 is 16.5 Å². The number of amides is 2. The van der Waals surface area contributed by atoms with Crippen LogP contribution in [0, 0.1) is 0 Å². The molecule has 0 fully saturated rings. The van der Waals surface area contributed by atoms with E-state index in [1.54, 1.807) is 0 Å². The summed E-state index contributed by atoms with van der Waals surface area (Å²) in [4.78, 5) is 9.00. The maximum atomic E-state index is 9.00. The van der Waals surface area contributed by atoms with Gasteiger partial charge in [0.05, 0.1) is 0 Å². The summed E-state index contributed by atoms with van der Waals surface area (Å²) >= 11 is -1.14. The van der Waals surface area contributed by atoms with E-state index in [4.69, 9.17) is 21.3 Å². The normalized spacial score (nSPS) is 4.86. The van der Waals surface area contributed by atoms with Crippen molar-refractivity contribution < 1.29 is 26.9 Å². The van der Waals surface area contributed by atoms with Crippen LogP contribution in [0.1, 0.15) is 0 Å². The van der Waals surface area contributed by atoms with Crippen molar-refractivity contribution in [2.75, 3.05) is 0 Å². The molecule has 0 heterocycles. The van der Waals surface area contributed by atoms with Crippen molar-refractivity contribution >= 4 is 22.5 Å². The van der Waals surface area contributed by atoms with Gasteiger partial charge in [0.1, 0.15) is 0 Å². The Hall–Kier alpha value is 0.785. The predicted octanol–water partition coefficient (Wildman–Crippen LogP) is 0.400. The molecule has 0 unspecified atom stereocenters. The first-order chi connectivity index (χ1) is 3.15. The van der Waals surface area contributed by atoms with Gasteiger partial charge >= 0.3 is 44.6 Å². The van der Waals surface area contributed by atoms with Gasteiger partial charge in [-0.2, -0.15) is 0 Å². The van der Waals surface area contributed by atoms with Crippen molar-refractivity contribution in [3.8, 4) is 0 Å². The Morgan fingerprint density at radius 1 is 1.43 bits per heavy atom. The summed E-state index contributed by atoms with van der Waals surface area (Å²) < 4.78 is 0. The standard InChI is InChI=1S/CH4N2O.2ClH.Hg/c2-1(3)4;;;/h(H4,2,3,4);2*1H;/q;;;+2/p-2. The number of carbonyl (C=O) groups excluding carboxylic acids is 1. The van der Waals surface area contributed by atoms with Gasteiger partial charge in [0.2, 0.25) is 0 Å². The summed E-state index contributed by atoms with van der Waals surface area (Å²) in [6.45, 7) is 0. The van der Waals surface area contributed by atoms with E-state index < -0.39 is 28.1 Å². The summed E-state index contributed by atoms with van der Waals surface area (Å²) in [5, 5.41) is 0. The van der Waals surface area contributed by atoms with E-state index in [9.17, 15) is 0 Å². The van der Waals surface area contributed by atoms with Crippen molar-refractivity contribution in [3.63, 3.8) is 0 Å². The fourth-order valence-corrected chi connectivity index (χ4v) is 0. The molecule has 0 saturated carbocycles. The summed E-state index contributed by atoms with van der Waals surface area (Å²) in [7, 11) is 9.97. The van der Waals surface area contributed by atoms with E-state index >= 15 is 0 Å². The molecule has 2 amide bonds. The molecule has 0 saturated heterocycles. The van der Waals surface area contributed by atoms with Gasteiger partial charge in [-0.25, -0.2) is 4.79 Å². The Bertz CT molecular complexity index is 47.0. The number of primary amides is 2. The number of halogens is 2. The van der Waals surface area contributed by atoms with Crippen LogP contribution in [0.4, 0.5) is 4.79 Å². The number of rotatable bonds is 0. The monoisotopic (exact) mass is 332 g/mol. The Labute approximate surface area is 60.6 Å². The second kappa shape index (κ2) is 9.92. The van der Waals surface area contributed by atoms with Crippen molar-refractivity contribution in [3.05, 3.63) is 0 Å². The molecule has 0 aromatic carbocycles. The minimum absolute atomic E-state index is 0.833. The van der Waals surface area contributed by atoms with Crippen molar-refractivity contribution in [1.82, 2.24) is 0 Å². The van der Waals surface area contributed by atoms with Gasteiger partial charge in [-0.05, 0) is 0 Å². The molecule has 0 rings (SSSR count). The first-order valence-corrected chi connectivity index (χ1v) is 14.9. The van der Waals surface area contributed by atoms with Crippen LogP contribution in [0.5, 0.6) is 0 Å². The zero-order valence-corrected chi connectivity index (χ0v) is 10.5. The number of hydrogen-bond donors (Lipinski definition) is 2. The van der Waals surface area contributed by atoms with E-state index in [1.807, 2.05) is 0 Å². The molecule has 0 radical (unpaired) electrons. The number of hydrogen-bond acceptors (Lipinski definition) is 1. The molecule has 0 spiro atoms. The van der Waals surface area contributed by atoms with Crippen molar-refractivity contribution in [2.24, 2.45) is 11.5 Å². The maximum absolute atomic E-state index is 9.00. The minimum atomic E-state index is -1.14. The third-order valence-corrected chi connectivity index (χ3v) is 0. The molecule has 0 aromatic heterocycles. The average molecular weight is 332 g/mol. The van der Waals surface area contributed by atoms with E-state index in [-0.39, 0.29) is 0 Å². The van der Waals surface area contributed by atoms with E-state index in [0.29, 0.717) is 0 Å². The van der Waals surface area contributed by atoms with Crippen LogP contribution in [-0.2, 0) is 22.1 Å². The molecule has 0 aliphatic heterocycles. The molecule has 0 aromatic rings. The van der Waals surface area contributed by atoms with Gasteiger partial charge in [-0.3, -0.25) is 0 Å². The number of nitrogens with two attached hydrogens (primary N) is 2. The van der Waals surface area contributed by atoms with Gasteiger partial charge in [0, 0.05) is 0 Å². The number of carbonyl (C=O) groups is 1. The fourth-order valence-electron chi connectivity index (χ4n) is 0. The zero-order chi connectivity index (χ0) is 6.28. The number of urea groups is 1. The van der Waals surface area contributed by atoms with Gasteiger partial charge in [-0.15, -0.1) is 0 Å². The van der Waals surface area contributed by atoms with Crippen LogP contribution in [0.3, 0.4) is 0 Å². The Kier molecular flexibility index (Phi) is 15.2. The Morgan fingerprint density at radius 3 is 1.43 bits per heavy atom. The van der Waals surface area contributed by atoms with Crippen molar-refractivity contribution in [1.29, 1.82) is 0 Å². The molecule has 0 aliphatic rings. The molecule has 4 N–H and O–H groups in total. The predicted molar refractivity (Wildman–Crippen MR) is 25.5 cm³/mol. The Morgan fingerprint density at radius 2 is 1.43 bits per heavy atom. The third-order valence-electron chi connectivity index (χ3n) is 0. The second-order valence-corrected chi connectivity index (χ2v) is 8.38. The summed E-state index contributed by atoms with van der Waals surface area (Å²) in [5.74, 6) is 0. The van der Waals surface area contributed by atoms with E-state index in [2.05, 4.69) is 11.5 Å². The topological polar surface area (TPSA) is 69.1 Å². The molecule has 40 valence electrons. The molecule has 6 heteroatoms. The SMILES string of the molecule is NC(N)=O.[Cl][Hg][Cl]. The van der Waals surface area contributed by atoms with E-state index in [0.717, 1.165) is 0 Å². The summed E-state index contributed by atoms with van der Waals surface area (Å²) in [6.07, 6.45) is 0. The molecule has 0 aliphatic carbocycles. The average Bonchev–Trinajstić information content (AvgIpc) is 1.33. The first kappa shape index (κ1) is 10.7. The first-order valence-electron chi connectivity index (χ1n) is 1.32. The van der Waals surface area contributed by atoms with Gasteiger partial charge < -0.3 is 11.5 Å².